The van der Waals surface area contributed by atoms with Gasteiger partial charge in [0.25, 0.3) is 0 Å². The number of alkyl halides is 1. The predicted molar refractivity (Wildman–Crippen MR) is 65.1 cm³/mol. The first kappa shape index (κ1) is 12.8. The van der Waals surface area contributed by atoms with E-state index in [1.165, 1.54) is 0 Å². The first-order valence-corrected chi connectivity index (χ1v) is 6.00. The van der Waals surface area contributed by atoms with Crippen LogP contribution in [0.15, 0.2) is 30.3 Å². The van der Waals surface area contributed by atoms with Crippen LogP contribution in [0.2, 0.25) is 0 Å². The molecule has 4 nitrogen and oxygen atoms in total. The number of hydrogen-bond donors (Lipinski definition) is 2. The Morgan fingerprint density at radius 3 is 2.72 bits per heavy atom. The molecule has 0 aromatic heterocycles. The number of carbonyl (C=O) groups excluding carboxylic acids is 1. The molecule has 1 aromatic carbocycles. The van der Waals surface area contributed by atoms with E-state index in [-0.39, 0.29) is 6.42 Å². The highest BCUT2D eigenvalue weighted by atomic mass is 19.1. The molecule has 1 fully saturated rings. The van der Waals surface area contributed by atoms with Crippen LogP contribution in [0.25, 0.3) is 0 Å². The van der Waals surface area contributed by atoms with E-state index in [1.807, 2.05) is 6.07 Å². The third kappa shape index (κ3) is 3.43. The summed E-state index contributed by atoms with van der Waals surface area (Å²) in [6.45, 7) is 0. The molecule has 3 atom stereocenters. The number of carbonyl (C=O) groups is 1. The lowest BCUT2D eigenvalue weighted by atomic mass is 9.93. The summed E-state index contributed by atoms with van der Waals surface area (Å²) in [5, 5.41) is 11.8. The lowest BCUT2D eigenvalue weighted by Gasteiger charge is -2.28. The number of aliphatic hydroxyl groups excluding tert-OH is 1. The number of rotatable bonds is 2. The first-order valence-electron chi connectivity index (χ1n) is 6.00. The normalized spacial score (nSPS) is 27.6. The van der Waals surface area contributed by atoms with Crippen molar-refractivity contribution in [2.24, 2.45) is 0 Å². The molecule has 2 rings (SSSR count). The summed E-state index contributed by atoms with van der Waals surface area (Å²) in [5.41, 5.74) is 0.605. The van der Waals surface area contributed by atoms with Crippen molar-refractivity contribution in [3.8, 4) is 0 Å². The Labute approximate surface area is 105 Å². The molecule has 0 aliphatic heterocycles. The molecule has 1 aromatic rings. The van der Waals surface area contributed by atoms with Crippen molar-refractivity contribution in [3.05, 3.63) is 30.3 Å². The number of ether oxygens (including phenoxy) is 1. The lowest BCUT2D eigenvalue weighted by molar-refractivity contribution is -0.0162. The minimum Gasteiger partial charge on any atom is -0.443 e. The summed E-state index contributed by atoms with van der Waals surface area (Å²) in [6.07, 6.45) is -2.51. The van der Waals surface area contributed by atoms with E-state index >= 15 is 0 Å². The van der Waals surface area contributed by atoms with Crippen molar-refractivity contribution < 1.29 is 19.0 Å². The zero-order valence-corrected chi connectivity index (χ0v) is 9.88. The highest BCUT2D eigenvalue weighted by Crippen LogP contribution is 2.24. The van der Waals surface area contributed by atoms with Crippen molar-refractivity contribution >= 4 is 11.8 Å². The molecule has 0 heterocycles. The average Bonchev–Trinajstić information content (AvgIpc) is 2.34. The highest BCUT2D eigenvalue weighted by molar-refractivity contribution is 5.84. The quantitative estimate of drug-likeness (QED) is 0.851. The molecule has 5 heteroatoms. The second kappa shape index (κ2) is 5.82. The standard InChI is InChI=1S/C13H16FNO3/c14-11-8-10(16)6-7-12(11)18-13(17)15-9-4-2-1-3-5-9/h1-5,10-12,16H,6-8H2,(H,15,17)/t10-,11+,12+/m1/s1. The zero-order chi connectivity index (χ0) is 13.0. The van der Waals surface area contributed by atoms with Crippen molar-refractivity contribution in [2.45, 2.75) is 37.6 Å². The van der Waals surface area contributed by atoms with Crippen LogP contribution in [0.5, 0.6) is 0 Å². The maximum absolute atomic E-state index is 13.5. The number of nitrogens with one attached hydrogen (secondary N) is 1. The SMILES string of the molecule is O=C(Nc1ccccc1)O[C@H]1CC[C@@H](O)C[C@@H]1F. The Kier molecular flexibility index (Phi) is 4.15. The number of benzene rings is 1. The molecule has 1 saturated carbocycles. The second-order valence-corrected chi connectivity index (χ2v) is 4.42. The molecular formula is C13H16FNO3. The van der Waals surface area contributed by atoms with E-state index in [4.69, 9.17) is 4.74 Å². The molecule has 18 heavy (non-hydrogen) atoms. The first-order chi connectivity index (χ1) is 8.65. The van der Waals surface area contributed by atoms with Crippen molar-refractivity contribution in [3.63, 3.8) is 0 Å². The monoisotopic (exact) mass is 253 g/mol. The molecule has 0 radical (unpaired) electrons. The van der Waals surface area contributed by atoms with Gasteiger partial charge >= 0.3 is 6.09 Å². The van der Waals surface area contributed by atoms with E-state index in [9.17, 15) is 14.3 Å². The van der Waals surface area contributed by atoms with Gasteiger partial charge in [-0.3, -0.25) is 5.32 Å². The Morgan fingerprint density at radius 1 is 1.33 bits per heavy atom. The molecule has 0 bridgehead atoms. The van der Waals surface area contributed by atoms with E-state index in [2.05, 4.69) is 5.32 Å². The summed E-state index contributed by atoms with van der Waals surface area (Å²) in [4.78, 5) is 11.5. The van der Waals surface area contributed by atoms with Gasteiger partial charge in [0.15, 0.2) is 0 Å². The van der Waals surface area contributed by atoms with Gasteiger partial charge in [-0.15, -0.1) is 0 Å². The summed E-state index contributed by atoms with van der Waals surface area (Å²) in [6, 6.07) is 8.84. The van der Waals surface area contributed by atoms with E-state index in [0.29, 0.717) is 18.5 Å². The van der Waals surface area contributed by atoms with E-state index in [1.54, 1.807) is 24.3 Å². The summed E-state index contributed by atoms with van der Waals surface area (Å²) >= 11 is 0. The van der Waals surface area contributed by atoms with Crippen molar-refractivity contribution in [1.82, 2.24) is 0 Å². The largest absolute Gasteiger partial charge is 0.443 e. The fraction of sp³-hybridized carbons (Fsp3) is 0.462. The van der Waals surface area contributed by atoms with Gasteiger partial charge in [0.1, 0.15) is 12.3 Å². The van der Waals surface area contributed by atoms with Gasteiger partial charge in [-0.2, -0.15) is 0 Å². The average molecular weight is 253 g/mol. The van der Waals surface area contributed by atoms with Gasteiger partial charge in [-0.05, 0) is 25.0 Å². The molecule has 0 saturated heterocycles. The molecule has 0 unspecified atom stereocenters. The number of halogens is 1. The fourth-order valence-corrected chi connectivity index (χ4v) is 2.01. The third-order valence-corrected chi connectivity index (χ3v) is 2.96. The van der Waals surface area contributed by atoms with Crippen LogP contribution < -0.4 is 5.32 Å². The number of aliphatic hydroxyl groups is 1. The van der Waals surface area contributed by atoms with Crippen LogP contribution >= 0.6 is 0 Å². The number of amides is 1. The van der Waals surface area contributed by atoms with Crippen LogP contribution in [-0.4, -0.2) is 29.6 Å². The predicted octanol–water partition coefficient (Wildman–Crippen LogP) is 2.49. The Bertz CT molecular complexity index is 398. The van der Waals surface area contributed by atoms with Gasteiger partial charge in [0.05, 0.1) is 6.10 Å². The van der Waals surface area contributed by atoms with E-state index < -0.39 is 24.5 Å². The van der Waals surface area contributed by atoms with Crippen LogP contribution in [0.4, 0.5) is 14.9 Å². The molecule has 1 aliphatic rings. The Hall–Kier alpha value is -1.62. The minimum atomic E-state index is -1.30. The van der Waals surface area contributed by atoms with Gasteiger partial charge < -0.3 is 9.84 Å². The highest BCUT2D eigenvalue weighted by Gasteiger charge is 2.32. The third-order valence-electron chi connectivity index (χ3n) is 2.96. The van der Waals surface area contributed by atoms with Crippen molar-refractivity contribution in [1.29, 1.82) is 0 Å². The molecule has 1 amide bonds. The molecule has 98 valence electrons. The maximum Gasteiger partial charge on any atom is 0.411 e. The smallest absolute Gasteiger partial charge is 0.411 e. The minimum absolute atomic E-state index is 0.0310. The fourth-order valence-electron chi connectivity index (χ4n) is 2.01. The van der Waals surface area contributed by atoms with Crippen LogP contribution in [0, 0.1) is 0 Å². The van der Waals surface area contributed by atoms with Gasteiger partial charge in [0, 0.05) is 12.1 Å². The number of hydrogen-bond acceptors (Lipinski definition) is 3. The summed E-state index contributed by atoms with van der Waals surface area (Å²) < 4.78 is 18.6. The molecule has 0 spiro atoms. The second-order valence-electron chi connectivity index (χ2n) is 4.42. The number of para-hydroxylation sites is 1. The Balaban J connectivity index is 1.84. The van der Waals surface area contributed by atoms with Gasteiger partial charge in [0.2, 0.25) is 0 Å². The Morgan fingerprint density at radius 2 is 2.06 bits per heavy atom. The van der Waals surface area contributed by atoms with Gasteiger partial charge in [-0.25, -0.2) is 9.18 Å². The van der Waals surface area contributed by atoms with Gasteiger partial charge in [-0.1, -0.05) is 18.2 Å². The zero-order valence-electron chi connectivity index (χ0n) is 9.88. The van der Waals surface area contributed by atoms with E-state index in [0.717, 1.165) is 0 Å². The van der Waals surface area contributed by atoms with Crippen molar-refractivity contribution in [2.75, 3.05) is 5.32 Å². The van der Waals surface area contributed by atoms with Crippen LogP contribution in [-0.2, 0) is 4.74 Å². The van der Waals surface area contributed by atoms with Crippen LogP contribution in [0.1, 0.15) is 19.3 Å². The molecular weight excluding hydrogens is 237 g/mol. The summed E-state index contributed by atoms with van der Waals surface area (Å²) in [7, 11) is 0. The lowest BCUT2D eigenvalue weighted by Crippen LogP contribution is -2.37. The van der Waals surface area contributed by atoms with Crippen LogP contribution in [0.3, 0.4) is 0 Å². The summed E-state index contributed by atoms with van der Waals surface area (Å²) in [5.74, 6) is 0. The molecule has 2 N–H and O–H groups in total. The maximum atomic E-state index is 13.5. The number of anilines is 1. The molecule has 1 aliphatic carbocycles. The topological polar surface area (TPSA) is 58.6 Å².